The fraction of sp³-hybridized carbons (Fsp3) is 0.106. The van der Waals surface area contributed by atoms with E-state index in [1.807, 2.05) is 14.1 Å². The van der Waals surface area contributed by atoms with E-state index in [4.69, 9.17) is 0 Å². The van der Waals surface area contributed by atoms with Gasteiger partial charge >= 0.3 is 0 Å². The van der Waals surface area contributed by atoms with E-state index >= 15 is 0 Å². The van der Waals surface area contributed by atoms with Crippen molar-refractivity contribution in [1.29, 1.82) is 0 Å². The second kappa shape index (κ2) is 11.7. The number of benzene rings is 7. The summed E-state index contributed by atoms with van der Waals surface area (Å²) in [5.74, 6) is 0.122. The summed E-state index contributed by atoms with van der Waals surface area (Å²) in [6, 6.07) is 58.8. The van der Waals surface area contributed by atoms with Crippen LogP contribution in [-0.4, -0.2) is 14.1 Å². The first-order chi connectivity index (χ1) is 24.2. The molecule has 2 nitrogen and oxygen atoms in total. The van der Waals surface area contributed by atoms with Crippen molar-refractivity contribution in [2.45, 2.75) is 17.3 Å². The monoisotopic (exact) mass is 630 g/mol. The van der Waals surface area contributed by atoms with E-state index in [0.29, 0.717) is 0 Å². The van der Waals surface area contributed by atoms with Gasteiger partial charge in [0.25, 0.3) is 0 Å². The zero-order valence-corrected chi connectivity index (χ0v) is 27.8. The second-order valence-corrected chi connectivity index (χ2v) is 13.3. The van der Waals surface area contributed by atoms with Crippen molar-refractivity contribution in [2.75, 3.05) is 24.7 Å². The summed E-state index contributed by atoms with van der Waals surface area (Å²) in [6.45, 7) is 0. The molecule has 9 rings (SSSR count). The van der Waals surface area contributed by atoms with Gasteiger partial charge in [-0.3, -0.25) is 0 Å². The number of allylic oxidation sites excluding steroid dienone is 1. The summed E-state index contributed by atoms with van der Waals surface area (Å²) in [5, 5.41) is 9.45. The second-order valence-electron chi connectivity index (χ2n) is 13.3. The highest BCUT2D eigenvalue weighted by Gasteiger charge is 2.53. The molecule has 0 amide bonds. The van der Waals surface area contributed by atoms with Crippen LogP contribution in [0.2, 0.25) is 0 Å². The molecular formula is C47H38N2. The van der Waals surface area contributed by atoms with E-state index in [-0.39, 0.29) is 11.8 Å². The zero-order chi connectivity index (χ0) is 33.0. The smallest absolute Gasteiger partial charge is 0.0415 e. The van der Waals surface area contributed by atoms with Gasteiger partial charge in [-0.15, -0.1) is 0 Å². The molecule has 2 aliphatic carbocycles. The fourth-order valence-corrected chi connectivity index (χ4v) is 8.88. The number of fused-ring (bicyclic) bond motifs is 5. The molecule has 7 aromatic carbocycles. The lowest BCUT2D eigenvalue weighted by atomic mass is 9.55. The summed E-state index contributed by atoms with van der Waals surface area (Å²) in [6.07, 6.45) is 4.86. The van der Waals surface area contributed by atoms with Crippen molar-refractivity contribution in [2.24, 2.45) is 0 Å². The number of nitrogens with one attached hydrogen (secondary N) is 2. The number of hydrogen-bond acceptors (Lipinski definition) is 2. The van der Waals surface area contributed by atoms with Crippen LogP contribution in [0, 0.1) is 0 Å². The minimum Gasteiger partial charge on any atom is -0.388 e. The van der Waals surface area contributed by atoms with Gasteiger partial charge in [-0.05, 0) is 96.7 Å². The van der Waals surface area contributed by atoms with Crippen LogP contribution in [0.25, 0.3) is 39.1 Å². The van der Waals surface area contributed by atoms with Crippen molar-refractivity contribution in [3.8, 4) is 22.3 Å². The first-order valence-corrected chi connectivity index (χ1v) is 17.3. The molecule has 0 aliphatic heterocycles. The highest BCUT2D eigenvalue weighted by Crippen LogP contribution is 2.63. The molecule has 0 fully saturated rings. The molecule has 0 saturated carbocycles. The summed E-state index contributed by atoms with van der Waals surface area (Å²) >= 11 is 0. The maximum Gasteiger partial charge on any atom is 0.0415 e. The van der Waals surface area contributed by atoms with Gasteiger partial charge in [0.1, 0.15) is 0 Å². The first kappa shape index (κ1) is 29.3. The van der Waals surface area contributed by atoms with Crippen LogP contribution in [0.3, 0.4) is 0 Å². The Kier molecular flexibility index (Phi) is 6.98. The zero-order valence-electron chi connectivity index (χ0n) is 27.8. The quantitative estimate of drug-likeness (QED) is 0.183. The molecular weight excluding hydrogens is 593 g/mol. The van der Waals surface area contributed by atoms with E-state index in [9.17, 15) is 0 Å². The van der Waals surface area contributed by atoms with Gasteiger partial charge in [0.05, 0.1) is 0 Å². The lowest BCUT2D eigenvalue weighted by molar-refractivity contribution is 0.417. The average Bonchev–Trinajstić information content (AvgIpc) is 3.74. The number of anilines is 2. The largest absolute Gasteiger partial charge is 0.388 e. The summed E-state index contributed by atoms with van der Waals surface area (Å²) in [5.41, 5.74) is 14.9. The molecule has 1 atom stereocenters. The van der Waals surface area contributed by atoms with Gasteiger partial charge in [-0.1, -0.05) is 140 Å². The molecule has 2 N–H and O–H groups in total. The maximum absolute atomic E-state index is 3.45. The Balaban J connectivity index is 1.33. The van der Waals surface area contributed by atoms with Crippen molar-refractivity contribution in [1.82, 2.24) is 0 Å². The predicted octanol–water partition coefficient (Wildman–Crippen LogP) is 11.5. The molecule has 0 bridgehead atoms. The minimum atomic E-state index is -0.454. The Morgan fingerprint density at radius 3 is 1.71 bits per heavy atom. The van der Waals surface area contributed by atoms with Crippen LogP contribution in [-0.2, 0) is 5.41 Å². The third-order valence-corrected chi connectivity index (χ3v) is 11.0. The Morgan fingerprint density at radius 2 is 1.08 bits per heavy atom. The van der Waals surface area contributed by atoms with E-state index < -0.39 is 5.41 Å². The molecule has 0 saturated heterocycles. The van der Waals surface area contributed by atoms with Crippen LogP contribution in [0.4, 0.5) is 11.4 Å². The van der Waals surface area contributed by atoms with Gasteiger partial charge in [0.15, 0.2) is 0 Å². The Labute approximate surface area is 288 Å². The van der Waals surface area contributed by atoms with Gasteiger partial charge in [-0.2, -0.15) is 0 Å². The van der Waals surface area contributed by atoms with Crippen LogP contribution >= 0.6 is 0 Å². The molecule has 0 spiro atoms. The van der Waals surface area contributed by atoms with Gasteiger partial charge in [0, 0.05) is 42.7 Å². The lowest BCUT2D eigenvalue weighted by Crippen LogP contribution is -2.40. The summed E-state index contributed by atoms with van der Waals surface area (Å²) in [7, 11) is 4.03. The van der Waals surface area contributed by atoms with Crippen molar-refractivity contribution < 1.29 is 0 Å². The number of hydrogen-bond donors (Lipinski definition) is 2. The third-order valence-electron chi connectivity index (χ3n) is 11.0. The third kappa shape index (κ3) is 4.48. The Morgan fingerprint density at radius 1 is 0.490 bits per heavy atom. The molecule has 0 heterocycles. The SMILES string of the molecule is CNc1ccc2c(c1)C(C(c1ccccc1)(c1ccccc1)C1C=Cc3cc(-c4cccc5ccccc45)ccc31)c1cc(NC)ccc1-2. The van der Waals surface area contributed by atoms with Crippen LogP contribution in [0.5, 0.6) is 0 Å². The highest BCUT2D eigenvalue weighted by molar-refractivity contribution is 5.97. The Hall–Kier alpha value is -5.86. The standard InChI is InChI=1S/C47H38N2/c1-48-36-22-25-41-42-26-23-37(49-2)30-44(42)46(43(41)29-36)47(34-14-5-3-6-15-34,35-16-7-4-8-17-35)45-27-21-33-28-32(20-24-40(33)45)39-19-11-13-31-12-9-10-18-38(31)39/h3-30,45-46,48-49H,1-2H3. The molecule has 1 unspecified atom stereocenters. The van der Waals surface area contributed by atoms with Crippen LogP contribution in [0.15, 0.2) is 164 Å². The van der Waals surface area contributed by atoms with Gasteiger partial charge in [-0.25, -0.2) is 0 Å². The molecule has 0 radical (unpaired) electrons. The molecule has 236 valence electrons. The van der Waals surface area contributed by atoms with E-state index in [0.717, 1.165) is 11.4 Å². The van der Waals surface area contributed by atoms with E-state index in [1.165, 1.54) is 66.4 Å². The van der Waals surface area contributed by atoms with Crippen molar-refractivity contribution >= 4 is 28.2 Å². The molecule has 7 aromatic rings. The first-order valence-electron chi connectivity index (χ1n) is 17.3. The molecule has 2 heteroatoms. The van der Waals surface area contributed by atoms with Gasteiger partial charge in [0.2, 0.25) is 0 Å². The lowest BCUT2D eigenvalue weighted by Gasteiger charge is -2.46. The summed E-state index contributed by atoms with van der Waals surface area (Å²) in [4.78, 5) is 0. The van der Waals surface area contributed by atoms with Gasteiger partial charge < -0.3 is 10.6 Å². The topological polar surface area (TPSA) is 24.1 Å². The predicted molar refractivity (Wildman–Crippen MR) is 208 cm³/mol. The molecule has 0 aromatic heterocycles. The summed E-state index contributed by atoms with van der Waals surface area (Å²) < 4.78 is 0. The van der Waals surface area contributed by atoms with E-state index in [1.54, 1.807) is 0 Å². The average molecular weight is 631 g/mol. The Bertz CT molecular complexity index is 2270. The number of rotatable bonds is 7. The van der Waals surface area contributed by atoms with Crippen LogP contribution in [0.1, 0.15) is 45.2 Å². The molecule has 2 aliphatic rings. The molecule has 49 heavy (non-hydrogen) atoms. The van der Waals surface area contributed by atoms with Crippen LogP contribution < -0.4 is 10.6 Å². The fourth-order valence-electron chi connectivity index (χ4n) is 8.88. The maximum atomic E-state index is 3.45. The van der Waals surface area contributed by atoms with E-state index in [2.05, 4.69) is 181 Å². The highest BCUT2D eigenvalue weighted by atomic mass is 14.8. The van der Waals surface area contributed by atoms with Crippen molar-refractivity contribution in [3.05, 3.63) is 197 Å². The normalized spacial score (nSPS) is 14.8. The van der Waals surface area contributed by atoms with Crippen molar-refractivity contribution in [3.63, 3.8) is 0 Å². The minimum absolute atomic E-state index is 0.0437.